The maximum atomic E-state index is 12.7. The third-order valence-corrected chi connectivity index (χ3v) is 6.79. The molecule has 0 aliphatic carbocycles. The Labute approximate surface area is 186 Å². The van der Waals surface area contributed by atoms with Gasteiger partial charge in [0.2, 0.25) is 5.95 Å². The summed E-state index contributed by atoms with van der Waals surface area (Å²) in [6.45, 7) is 6.15. The molecule has 0 amide bonds. The molecule has 0 radical (unpaired) electrons. The van der Waals surface area contributed by atoms with Crippen molar-refractivity contribution in [3.05, 3.63) is 57.6 Å². The summed E-state index contributed by atoms with van der Waals surface area (Å²) in [4.78, 5) is 36.4. The zero-order valence-corrected chi connectivity index (χ0v) is 18.4. The van der Waals surface area contributed by atoms with E-state index < -0.39 is 5.97 Å². The van der Waals surface area contributed by atoms with Crippen molar-refractivity contribution in [3.8, 4) is 0 Å². The lowest BCUT2D eigenvalue weighted by molar-refractivity contribution is -0.137. The normalized spacial score (nSPS) is 17.6. The predicted molar refractivity (Wildman–Crippen MR) is 123 cm³/mol. The highest BCUT2D eigenvalue weighted by Gasteiger charge is 2.25. The summed E-state index contributed by atoms with van der Waals surface area (Å²) in [5.41, 5.74) is 3.67. The Kier molecular flexibility index (Phi) is 5.46. The summed E-state index contributed by atoms with van der Waals surface area (Å²) in [6, 6.07) is 7.91. The monoisotopic (exact) mass is 435 g/mol. The molecular formula is C24H29N5O3. The van der Waals surface area contributed by atoms with Gasteiger partial charge >= 0.3 is 5.97 Å². The van der Waals surface area contributed by atoms with Crippen LogP contribution in [0.15, 0.2) is 35.3 Å². The molecule has 2 aromatic heterocycles. The number of H-pyrrole nitrogens is 1. The fourth-order valence-corrected chi connectivity index (χ4v) is 4.95. The first kappa shape index (κ1) is 20.8. The molecule has 3 aromatic rings. The van der Waals surface area contributed by atoms with Gasteiger partial charge in [0, 0.05) is 55.4 Å². The van der Waals surface area contributed by atoms with Crippen LogP contribution in [0.1, 0.15) is 36.6 Å². The number of nitrogens with zero attached hydrogens (tertiary/aromatic N) is 4. The van der Waals surface area contributed by atoms with Crippen molar-refractivity contribution in [2.75, 3.05) is 24.5 Å². The Hall–Kier alpha value is -3.13. The first-order valence-electron chi connectivity index (χ1n) is 11.4. The van der Waals surface area contributed by atoms with Crippen molar-refractivity contribution < 1.29 is 9.90 Å². The highest BCUT2D eigenvalue weighted by Crippen LogP contribution is 2.26. The second-order valence-electron chi connectivity index (χ2n) is 9.14. The molecule has 0 atom stereocenters. The summed E-state index contributed by atoms with van der Waals surface area (Å²) in [5.74, 6) is 0.558. The molecule has 32 heavy (non-hydrogen) atoms. The highest BCUT2D eigenvalue weighted by atomic mass is 16.4. The van der Waals surface area contributed by atoms with Crippen LogP contribution in [0.25, 0.3) is 10.9 Å². The number of piperidine rings is 1. The molecule has 168 valence electrons. The van der Waals surface area contributed by atoms with Crippen LogP contribution in [0.2, 0.25) is 0 Å². The van der Waals surface area contributed by atoms with Crippen LogP contribution in [0.5, 0.6) is 0 Å². The number of carboxylic acid groups (broad SMARTS) is 1. The van der Waals surface area contributed by atoms with Crippen LogP contribution in [-0.4, -0.2) is 50.1 Å². The zero-order valence-electron chi connectivity index (χ0n) is 18.4. The fourth-order valence-electron chi connectivity index (χ4n) is 4.95. The molecule has 0 bridgehead atoms. The third kappa shape index (κ3) is 4.02. The zero-order chi connectivity index (χ0) is 22.2. The van der Waals surface area contributed by atoms with Crippen molar-refractivity contribution >= 4 is 22.8 Å². The largest absolute Gasteiger partial charge is 0.480 e. The number of hydrogen-bond acceptors (Lipinski definition) is 5. The molecule has 1 aromatic carbocycles. The van der Waals surface area contributed by atoms with Crippen LogP contribution in [0.3, 0.4) is 0 Å². The number of hydrogen-bond donors (Lipinski definition) is 2. The van der Waals surface area contributed by atoms with E-state index in [1.807, 2.05) is 30.5 Å². The van der Waals surface area contributed by atoms with Crippen molar-refractivity contribution in [3.63, 3.8) is 0 Å². The molecule has 1 fully saturated rings. The Morgan fingerprint density at radius 2 is 2.00 bits per heavy atom. The first-order valence-corrected chi connectivity index (χ1v) is 11.4. The topological polar surface area (TPSA) is 94.5 Å². The number of benzene rings is 1. The molecule has 1 saturated heterocycles. The van der Waals surface area contributed by atoms with Crippen molar-refractivity contribution in [1.82, 2.24) is 19.4 Å². The van der Waals surface area contributed by atoms with E-state index in [1.165, 1.54) is 0 Å². The number of carboxylic acids is 1. The number of anilines is 1. The number of nitrogens with one attached hydrogen (secondary N) is 1. The summed E-state index contributed by atoms with van der Waals surface area (Å²) in [7, 11) is 0. The molecule has 0 spiro atoms. The van der Waals surface area contributed by atoms with Crippen molar-refractivity contribution in [2.24, 2.45) is 5.92 Å². The number of fused-ring (bicyclic) bond motifs is 2. The highest BCUT2D eigenvalue weighted by molar-refractivity contribution is 5.85. The van der Waals surface area contributed by atoms with Crippen LogP contribution < -0.4 is 10.5 Å². The van der Waals surface area contributed by atoms with Gasteiger partial charge in [0.15, 0.2) is 0 Å². The standard InChI is InChI=1S/C24H29N5O3/c1-16-6-10-28(11-7-16)24-25-20-14-27(9-8-19(20)23(32)26-24)12-17-13-29(15-22(30)31)21-5-3-2-4-18(17)21/h2-5,13,16H,6-12,14-15H2,1H3,(H,30,31)(H,25,26,32). The number of carbonyl (C=O) groups is 1. The van der Waals surface area contributed by atoms with Crippen LogP contribution in [0.4, 0.5) is 5.95 Å². The van der Waals surface area contributed by atoms with Gasteiger partial charge in [0.05, 0.1) is 5.69 Å². The van der Waals surface area contributed by atoms with E-state index in [9.17, 15) is 14.7 Å². The van der Waals surface area contributed by atoms with Gasteiger partial charge in [-0.1, -0.05) is 25.1 Å². The number of aliphatic carboxylic acids is 1. The van der Waals surface area contributed by atoms with E-state index in [2.05, 4.69) is 21.7 Å². The maximum absolute atomic E-state index is 12.7. The quantitative estimate of drug-likeness (QED) is 0.640. The van der Waals surface area contributed by atoms with Gasteiger partial charge in [-0.05, 0) is 36.8 Å². The van der Waals surface area contributed by atoms with E-state index in [-0.39, 0.29) is 12.1 Å². The van der Waals surface area contributed by atoms with Gasteiger partial charge < -0.3 is 14.6 Å². The Morgan fingerprint density at radius 3 is 2.78 bits per heavy atom. The first-order chi connectivity index (χ1) is 15.5. The SMILES string of the molecule is CC1CCN(c2nc3c(c(=O)[nH]2)CCN(Cc2cn(CC(=O)O)c4ccccc24)C3)CC1. The van der Waals surface area contributed by atoms with Gasteiger partial charge in [-0.3, -0.25) is 19.5 Å². The van der Waals surface area contributed by atoms with E-state index in [0.29, 0.717) is 31.4 Å². The van der Waals surface area contributed by atoms with E-state index in [0.717, 1.165) is 60.2 Å². The second kappa shape index (κ2) is 8.43. The van der Waals surface area contributed by atoms with Gasteiger partial charge in [0.1, 0.15) is 6.54 Å². The number of rotatable bonds is 5. The number of aromatic nitrogens is 3. The lowest BCUT2D eigenvalue weighted by Gasteiger charge is -2.32. The van der Waals surface area contributed by atoms with E-state index in [1.54, 1.807) is 4.57 Å². The summed E-state index contributed by atoms with van der Waals surface area (Å²) >= 11 is 0. The summed E-state index contributed by atoms with van der Waals surface area (Å²) in [5, 5.41) is 10.3. The molecule has 0 saturated carbocycles. The van der Waals surface area contributed by atoms with E-state index in [4.69, 9.17) is 4.98 Å². The van der Waals surface area contributed by atoms with Crippen LogP contribution in [0, 0.1) is 5.92 Å². The van der Waals surface area contributed by atoms with Crippen LogP contribution >= 0.6 is 0 Å². The van der Waals surface area contributed by atoms with Gasteiger partial charge in [-0.25, -0.2) is 4.98 Å². The summed E-state index contributed by atoms with van der Waals surface area (Å²) < 4.78 is 1.79. The van der Waals surface area contributed by atoms with Crippen molar-refractivity contribution in [2.45, 2.75) is 45.8 Å². The Morgan fingerprint density at radius 1 is 1.22 bits per heavy atom. The minimum atomic E-state index is -0.854. The number of aromatic amines is 1. The minimum Gasteiger partial charge on any atom is -0.480 e. The maximum Gasteiger partial charge on any atom is 0.323 e. The van der Waals surface area contributed by atoms with E-state index >= 15 is 0 Å². The predicted octanol–water partition coefficient (Wildman–Crippen LogP) is 2.60. The molecule has 2 N–H and O–H groups in total. The average Bonchev–Trinajstić information content (AvgIpc) is 3.10. The Bertz CT molecular complexity index is 1210. The molecule has 2 aliphatic rings. The molecule has 8 heteroatoms. The molecule has 5 rings (SSSR count). The molecule has 2 aliphatic heterocycles. The Balaban J connectivity index is 1.39. The smallest absolute Gasteiger partial charge is 0.323 e. The minimum absolute atomic E-state index is 0.0127. The van der Waals surface area contributed by atoms with Gasteiger partial charge in [0.25, 0.3) is 5.56 Å². The molecule has 0 unspecified atom stereocenters. The van der Waals surface area contributed by atoms with Crippen molar-refractivity contribution in [1.29, 1.82) is 0 Å². The third-order valence-electron chi connectivity index (χ3n) is 6.79. The second-order valence-corrected chi connectivity index (χ2v) is 9.14. The number of para-hydroxylation sites is 1. The van der Waals surface area contributed by atoms with Gasteiger partial charge in [-0.2, -0.15) is 0 Å². The molecule has 4 heterocycles. The molecular weight excluding hydrogens is 406 g/mol. The molecule has 8 nitrogen and oxygen atoms in total. The van der Waals surface area contributed by atoms with Crippen LogP contribution in [-0.2, 0) is 30.8 Å². The lowest BCUT2D eigenvalue weighted by atomic mass is 9.99. The lowest BCUT2D eigenvalue weighted by Crippen LogP contribution is -2.39. The van der Waals surface area contributed by atoms with Gasteiger partial charge in [-0.15, -0.1) is 0 Å². The summed E-state index contributed by atoms with van der Waals surface area (Å²) in [6.07, 6.45) is 4.85. The average molecular weight is 436 g/mol. The fraction of sp³-hybridized carbons (Fsp3) is 0.458.